The van der Waals surface area contributed by atoms with Crippen LogP contribution < -0.4 is 5.32 Å². The van der Waals surface area contributed by atoms with Crippen molar-refractivity contribution < 1.29 is 4.39 Å². The molecule has 2 aromatic rings. The largest absolute Gasteiger partial charge is 0.346 e. The van der Waals surface area contributed by atoms with E-state index in [0.29, 0.717) is 17.1 Å². The summed E-state index contributed by atoms with van der Waals surface area (Å²) in [6.07, 6.45) is 1.95. The van der Waals surface area contributed by atoms with Crippen LogP contribution in [-0.2, 0) is 13.1 Å². The van der Waals surface area contributed by atoms with Gasteiger partial charge in [0, 0.05) is 34.6 Å². The summed E-state index contributed by atoms with van der Waals surface area (Å²) in [7, 11) is 0. The van der Waals surface area contributed by atoms with E-state index in [-0.39, 0.29) is 11.4 Å². The Balaban J connectivity index is 2.17. The zero-order valence-electron chi connectivity index (χ0n) is 12.1. The van der Waals surface area contributed by atoms with Crippen LogP contribution in [0.25, 0.3) is 0 Å². The van der Waals surface area contributed by atoms with Gasteiger partial charge in [-0.05, 0) is 45.0 Å². The lowest BCUT2D eigenvalue weighted by atomic mass is 10.1. The van der Waals surface area contributed by atoms with E-state index in [1.165, 1.54) is 6.07 Å². The van der Waals surface area contributed by atoms with Gasteiger partial charge in [-0.2, -0.15) is 0 Å². The molecule has 0 fully saturated rings. The molecule has 1 aromatic heterocycles. The van der Waals surface area contributed by atoms with E-state index in [1.54, 1.807) is 12.1 Å². The van der Waals surface area contributed by atoms with Crippen molar-refractivity contribution in [2.24, 2.45) is 0 Å². The first-order valence-electron chi connectivity index (χ1n) is 6.69. The molecule has 4 heteroatoms. The number of hydrogen-bond donors (Lipinski definition) is 1. The molecule has 0 radical (unpaired) electrons. The Hall–Kier alpha value is -1.32. The summed E-state index contributed by atoms with van der Waals surface area (Å²) in [5, 5.41) is 3.90. The number of hydrogen-bond acceptors (Lipinski definition) is 1. The number of benzene rings is 1. The number of halogens is 2. The van der Waals surface area contributed by atoms with Crippen molar-refractivity contribution >= 4 is 11.6 Å². The van der Waals surface area contributed by atoms with Gasteiger partial charge in [0.25, 0.3) is 0 Å². The lowest BCUT2D eigenvalue weighted by Gasteiger charge is -2.21. The number of aromatic nitrogens is 1. The Kier molecular flexibility index (Phi) is 4.51. The van der Waals surface area contributed by atoms with Crippen LogP contribution in [0.1, 0.15) is 32.0 Å². The van der Waals surface area contributed by atoms with Crippen LogP contribution in [0.3, 0.4) is 0 Å². The summed E-state index contributed by atoms with van der Waals surface area (Å²) < 4.78 is 15.9. The Labute approximate surface area is 124 Å². The highest BCUT2D eigenvalue weighted by molar-refractivity contribution is 6.31. The van der Waals surface area contributed by atoms with Crippen molar-refractivity contribution in [2.45, 2.75) is 39.4 Å². The van der Waals surface area contributed by atoms with Crippen molar-refractivity contribution in [3.05, 3.63) is 58.6 Å². The van der Waals surface area contributed by atoms with E-state index in [9.17, 15) is 4.39 Å². The maximum absolute atomic E-state index is 13.8. The van der Waals surface area contributed by atoms with Gasteiger partial charge in [0.05, 0.1) is 6.54 Å². The molecule has 2 rings (SSSR count). The van der Waals surface area contributed by atoms with Gasteiger partial charge in [0.1, 0.15) is 5.82 Å². The molecular formula is C16H20ClFN2. The van der Waals surface area contributed by atoms with E-state index >= 15 is 0 Å². The molecule has 0 saturated heterocycles. The van der Waals surface area contributed by atoms with Crippen LogP contribution in [0.15, 0.2) is 36.5 Å². The maximum atomic E-state index is 13.8. The quantitative estimate of drug-likeness (QED) is 0.893. The summed E-state index contributed by atoms with van der Waals surface area (Å²) in [4.78, 5) is 0. The SMILES string of the molecule is CC(C)(C)NCc1cccn1Cc1c(F)cccc1Cl. The number of rotatable bonds is 4. The van der Waals surface area contributed by atoms with E-state index in [0.717, 1.165) is 12.2 Å². The Morgan fingerprint density at radius 2 is 1.95 bits per heavy atom. The third-order valence-electron chi connectivity index (χ3n) is 3.11. The fourth-order valence-corrected chi connectivity index (χ4v) is 2.20. The van der Waals surface area contributed by atoms with Crippen molar-refractivity contribution in [1.29, 1.82) is 0 Å². The van der Waals surface area contributed by atoms with Crippen LogP contribution in [0, 0.1) is 5.82 Å². The average molecular weight is 295 g/mol. The van der Waals surface area contributed by atoms with E-state index in [2.05, 4.69) is 26.1 Å². The highest BCUT2D eigenvalue weighted by atomic mass is 35.5. The van der Waals surface area contributed by atoms with Gasteiger partial charge in [-0.15, -0.1) is 0 Å². The first kappa shape index (κ1) is 15.1. The lowest BCUT2D eigenvalue weighted by Crippen LogP contribution is -2.35. The molecule has 0 spiro atoms. The molecule has 0 atom stereocenters. The van der Waals surface area contributed by atoms with Gasteiger partial charge < -0.3 is 9.88 Å². The molecule has 1 aromatic carbocycles. The third kappa shape index (κ3) is 3.84. The molecular weight excluding hydrogens is 275 g/mol. The van der Waals surface area contributed by atoms with Crippen LogP contribution in [-0.4, -0.2) is 10.1 Å². The molecule has 0 aliphatic heterocycles. The highest BCUT2D eigenvalue weighted by Gasteiger charge is 2.12. The van der Waals surface area contributed by atoms with Crippen LogP contribution in [0.2, 0.25) is 5.02 Å². The molecule has 1 N–H and O–H groups in total. The van der Waals surface area contributed by atoms with Crippen LogP contribution >= 0.6 is 11.6 Å². The van der Waals surface area contributed by atoms with Gasteiger partial charge in [0.2, 0.25) is 0 Å². The Bertz CT molecular complexity index is 564. The fourth-order valence-electron chi connectivity index (χ4n) is 1.97. The standard InChI is InChI=1S/C16H20ClFN2/c1-16(2,3)19-10-12-6-5-9-20(12)11-13-14(17)7-4-8-15(13)18/h4-9,19H,10-11H2,1-3H3. The van der Waals surface area contributed by atoms with Gasteiger partial charge >= 0.3 is 0 Å². The monoisotopic (exact) mass is 294 g/mol. The molecule has 0 amide bonds. The van der Waals surface area contributed by atoms with Crippen LogP contribution in [0.5, 0.6) is 0 Å². The second kappa shape index (κ2) is 5.98. The van der Waals surface area contributed by atoms with E-state index in [1.807, 2.05) is 22.9 Å². The molecule has 20 heavy (non-hydrogen) atoms. The van der Waals surface area contributed by atoms with Gasteiger partial charge in [0.15, 0.2) is 0 Å². The maximum Gasteiger partial charge on any atom is 0.129 e. The molecule has 0 bridgehead atoms. The minimum absolute atomic E-state index is 0.0464. The average Bonchev–Trinajstić information content (AvgIpc) is 2.78. The first-order chi connectivity index (χ1) is 9.37. The molecule has 0 unspecified atom stereocenters. The zero-order chi connectivity index (χ0) is 14.8. The molecule has 0 saturated carbocycles. The van der Waals surface area contributed by atoms with Crippen LogP contribution in [0.4, 0.5) is 4.39 Å². The topological polar surface area (TPSA) is 17.0 Å². The second-order valence-electron chi connectivity index (χ2n) is 5.93. The Morgan fingerprint density at radius 1 is 1.20 bits per heavy atom. The van der Waals surface area contributed by atoms with Crippen molar-refractivity contribution in [3.63, 3.8) is 0 Å². The van der Waals surface area contributed by atoms with Gasteiger partial charge in [-0.1, -0.05) is 17.7 Å². The third-order valence-corrected chi connectivity index (χ3v) is 3.47. The Morgan fingerprint density at radius 3 is 2.60 bits per heavy atom. The number of nitrogens with one attached hydrogen (secondary N) is 1. The summed E-state index contributed by atoms with van der Waals surface area (Å²) in [6.45, 7) is 7.54. The van der Waals surface area contributed by atoms with Crippen molar-refractivity contribution in [2.75, 3.05) is 0 Å². The smallest absolute Gasteiger partial charge is 0.129 e. The summed E-state index contributed by atoms with van der Waals surface area (Å²) in [5.74, 6) is -0.263. The van der Waals surface area contributed by atoms with Gasteiger partial charge in [-0.25, -0.2) is 4.39 Å². The molecule has 1 heterocycles. The zero-order valence-corrected chi connectivity index (χ0v) is 12.8. The lowest BCUT2D eigenvalue weighted by molar-refractivity contribution is 0.416. The van der Waals surface area contributed by atoms with Crippen molar-refractivity contribution in [3.8, 4) is 0 Å². The summed E-state index contributed by atoms with van der Waals surface area (Å²) >= 11 is 6.08. The first-order valence-corrected chi connectivity index (χ1v) is 7.06. The highest BCUT2D eigenvalue weighted by Crippen LogP contribution is 2.21. The fraction of sp³-hybridized carbons (Fsp3) is 0.375. The minimum atomic E-state index is -0.263. The predicted molar refractivity (Wildman–Crippen MR) is 81.5 cm³/mol. The summed E-state index contributed by atoms with van der Waals surface area (Å²) in [6, 6.07) is 8.79. The summed E-state index contributed by atoms with van der Waals surface area (Å²) in [5.41, 5.74) is 1.69. The number of nitrogens with zero attached hydrogens (tertiary/aromatic N) is 1. The van der Waals surface area contributed by atoms with E-state index < -0.39 is 0 Å². The minimum Gasteiger partial charge on any atom is -0.346 e. The molecule has 2 nitrogen and oxygen atoms in total. The molecule has 0 aliphatic carbocycles. The normalized spacial score (nSPS) is 11.8. The predicted octanol–water partition coefficient (Wildman–Crippen LogP) is 4.22. The van der Waals surface area contributed by atoms with Gasteiger partial charge in [-0.3, -0.25) is 0 Å². The molecule has 0 aliphatic rings. The second-order valence-corrected chi connectivity index (χ2v) is 6.34. The van der Waals surface area contributed by atoms with Crippen molar-refractivity contribution in [1.82, 2.24) is 9.88 Å². The molecule has 108 valence electrons. The van der Waals surface area contributed by atoms with E-state index in [4.69, 9.17) is 11.6 Å².